The summed E-state index contributed by atoms with van der Waals surface area (Å²) in [6, 6.07) is 5.06. The SMILES string of the molecule is CCC(C)C1CNC(C)(C)CN1Cc1ccc(Br)s1. The third kappa shape index (κ3) is 4.03. The normalized spacial score (nSPS) is 25.4. The van der Waals surface area contributed by atoms with Crippen LogP contribution in [-0.4, -0.2) is 29.6 Å². The van der Waals surface area contributed by atoms with Crippen LogP contribution in [0.15, 0.2) is 15.9 Å². The van der Waals surface area contributed by atoms with Gasteiger partial charge < -0.3 is 5.32 Å². The summed E-state index contributed by atoms with van der Waals surface area (Å²) in [7, 11) is 0. The van der Waals surface area contributed by atoms with Gasteiger partial charge in [-0.1, -0.05) is 20.3 Å². The molecule has 1 fully saturated rings. The lowest BCUT2D eigenvalue weighted by Gasteiger charge is -2.46. The number of hydrogen-bond acceptors (Lipinski definition) is 3. The van der Waals surface area contributed by atoms with E-state index in [1.807, 2.05) is 11.3 Å². The van der Waals surface area contributed by atoms with Crippen LogP contribution in [0.5, 0.6) is 0 Å². The summed E-state index contributed by atoms with van der Waals surface area (Å²) in [6.07, 6.45) is 1.25. The number of piperazine rings is 1. The number of rotatable bonds is 4. The van der Waals surface area contributed by atoms with Crippen LogP contribution in [-0.2, 0) is 6.54 Å². The third-order valence-corrected chi connectivity index (χ3v) is 5.75. The molecule has 0 bridgehead atoms. The molecule has 0 radical (unpaired) electrons. The largest absolute Gasteiger partial charge is 0.309 e. The van der Waals surface area contributed by atoms with Crippen molar-refractivity contribution >= 4 is 27.3 Å². The Morgan fingerprint density at radius 1 is 1.53 bits per heavy atom. The van der Waals surface area contributed by atoms with Gasteiger partial charge in [-0.15, -0.1) is 11.3 Å². The topological polar surface area (TPSA) is 15.3 Å². The van der Waals surface area contributed by atoms with E-state index in [9.17, 15) is 0 Å². The first-order valence-corrected chi connectivity index (χ1v) is 8.75. The number of nitrogens with zero attached hydrogens (tertiary/aromatic N) is 1. The lowest BCUT2D eigenvalue weighted by Crippen LogP contribution is -2.62. The average molecular weight is 345 g/mol. The molecule has 1 aromatic rings. The first kappa shape index (κ1) is 15.5. The van der Waals surface area contributed by atoms with Gasteiger partial charge in [0.2, 0.25) is 0 Å². The van der Waals surface area contributed by atoms with E-state index < -0.39 is 0 Å². The number of thiophene rings is 1. The van der Waals surface area contributed by atoms with Crippen molar-refractivity contribution in [3.63, 3.8) is 0 Å². The van der Waals surface area contributed by atoms with Crippen LogP contribution in [0.4, 0.5) is 0 Å². The van der Waals surface area contributed by atoms with Gasteiger partial charge in [-0.3, -0.25) is 4.90 Å². The fourth-order valence-electron chi connectivity index (χ4n) is 2.83. The molecular formula is C15H25BrN2S. The molecule has 1 aliphatic rings. The summed E-state index contributed by atoms with van der Waals surface area (Å²) in [5, 5.41) is 3.70. The lowest BCUT2D eigenvalue weighted by atomic mass is 9.91. The maximum Gasteiger partial charge on any atom is 0.0701 e. The van der Waals surface area contributed by atoms with E-state index in [0.717, 1.165) is 25.6 Å². The Morgan fingerprint density at radius 3 is 2.84 bits per heavy atom. The molecule has 2 rings (SSSR count). The summed E-state index contributed by atoms with van der Waals surface area (Å²) in [5.74, 6) is 0.743. The summed E-state index contributed by atoms with van der Waals surface area (Å²) < 4.78 is 1.23. The molecule has 2 atom stereocenters. The molecule has 2 nitrogen and oxygen atoms in total. The van der Waals surface area contributed by atoms with Gasteiger partial charge in [0.05, 0.1) is 3.79 Å². The second kappa shape index (κ2) is 6.25. The predicted octanol–water partition coefficient (Wildman–Crippen LogP) is 4.11. The van der Waals surface area contributed by atoms with Crippen molar-refractivity contribution in [2.24, 2.45) is 5.92 Å². The van der Waals surface area contributed by atoms with E-state index in [0.29, 0.717) is 6.04 Å². The Morgan fingerprint density at radius 2 is 2.26 bits per heavy atom. The Labute approximate surface area is 129 Å². The molecule has 0 aliphatic carbocycles. The van der Waals surface area contributed by atoms with E-state index in [-0.39, 0.29) is 5.54 Å². The third-order valence-electron chi connectivity index (χ3n) is 4.15. The highest BCUT2D eigenvalue weighted by Gasteiger charge is 2.34. The van der Waals surface area contributed by atoms with E-state index in [1.54, 1.807) is 0 Å². The minimum Gasteiger partial charge on any atom is -0.309 e. The van der Waals surface area contributed by atoms with Gasteiger partial charge in [-0.25, -0.2) is 0 Å². The molecule has 0 amide bonds. The molecule has 0 spiro atoms. The smallest absolute Gasteiger partial charge is 0.0701 e. The Kier molecular flexibility index (Phi) is 5.09. The minimum atomic E-state index is 0.221. The molecular weight excluding hydrogens is 320 g/mol. The van der Waals surface area contributed by atoms with Gasteiger partial charge in [0.25, 0.3) is 0 Å². The van der Waals surface area contributed by atoms with Gasteiger partial charge in [0, 0.05) is 36.1 Å². The Hall–Kier alpha value is 0.1000. The molecule has 0 aromatic carbocycles. The van der Waals surface area contributed by atoms with Crippen molar-refractivity contribution < 1.29 is 0 Å². The minimum absolute atomic E-state index is 0.221. The van der Waals surface area contributed by atoms with Crippen molar-refractivity contribution in [1.29, 1.82) is 0 Å². The number of nitrogens with one attached hydrogen (secondary N) is 1. The molecule has 0 saturated carbocycles. The second-order valence-electron chi connectivity index (χ2n) is 6.33. The Bertz CT molecular complexity index is 416. The summed E-state index contributed by atoms with van der Waals surface area (Å²) in [4.78, 5) is 4.13. The highest BCUT2D eigenvalue weighted by Crippen LogP contribution is 2.28. The van der Waals surface area contributed by atoms with Crippen molar-refractivity contribution in [2.75, 3.05) is 13.1 Å². The fourth-order valence-corrected chi connectivity index (χ4v) is 4.34. The van der Waals surface area contributed by atoms with E-state index in [1.165, 1.54) is 15.1 Å². The second-order valence-corrected chi connectivity index (χ2v) is 8.88. The van der Waals surface area contributed by atoms with E-state index in [4.69, 9.17) is 0 Å². The summed E-state index contributed by atoms with van der Waals surface area (Å²) in [5.41, 5.74) is 0.221. The van der Waals surface area contributed by atoms with E-state index >= 15 is 0 Å². The molecule has 19 heavy (non-hydrogen) atoms. The zero-order chi connectivity index (χ0) is 14.0. The molecule has 1 N–H and O–H groups in total. The average Bonchev–Trinajstić information content (AvgIpc) is 2.73. The lowest BCUT2D eigenvalue weighted by molar-refractivity contribution is 0.0580. The molecule has 4 heteroatoms. The summed E-state index contributed by atoms with van der Waals surface area (Å²) >= 11 is 5.42. The molecule has 1 saturated heterocycles. The van der Waals surface area contributed by atoms with Crippen LogP contribution in [0.3, 0.4) is 0 Å². The van der Waals surface area contributed by atoms with Gasteiger partial charge in [0.15, 0.2) is 0 Å². The first-order chi connectivity index (χ1) is 8.91. The van der Waals surface area contributed by atoms with Crippen LogP contribution in [0.25, 0.3) is 0 Å². The van der Waals surface area contributed by atoms with Crippen LogP contribution in [0, 0.1) is 5.92 Å². The van der Waals surface area contributed by atoms with Crippen molar-refractivity contribution in [3.8, 4) is 0 Å². The maximum absolute atomic E-state index is 3.70. The number of halogens is 1. The zero-order valence-corrected chi connectivity index (χ0v) is 14.8. The summed E-state index contributed by atoms with van der Waals surface area (Å²) in [6.45, 7) is 12.6. The van der Waals surface area contributed by atoms with Crippen molar-refractivity contribution in [3.05, 3.63) is 20.8 Å². The van der Waals surface area contributed by atoms with Crippen LogP contribution >= 0.6 is 27.3 Å². The molecule has 2 unspecified atom stereocenters. The first-order valence-electron chi connectivity index (χ1n) is 7.14. The monoisotopic (exact) mass is 344 g/mol. The molecule has 1 aliphatic heterocycles. The zero-order valence-electron chi connectivity index (χ0n) is 12.4. The van der Waals surface area contributed by atoms with Gasteiger partial charge in [-0.2, -0.15) is 0 Å². The van der Waals surface area contributed by atoms with Gasteiger partial charge in [0.1, 0.15) is 0 Å². The maximum atomic E-state index is 3.70. The molecule has 2 heterocycles. The number of hydrogen-bond donors (Lipinski definition) is 1. The van der Waals surface area contributed by atoms with Gasteiger partial charge in [-0.05, 0) is 47.8 Å². The van der Waals surface area contributed by atoms with Crippen molar-refractivity contribution in [1.82, 2.24) is 10.2 Å². The van der Waals surface area contributed by atoms with Crippen molar-refractivity contribution in [2.45, 2.75) is 52.2 Å². The van der Waals surface area contributed by atoms with Crippen LogP contribution < -0.4 is 5.32 Å². The quantitative estimate of drug-likeness (QED) is 0.884. The fraction of sp³-hybridized carbons (Fsp3) is 0.733. The molecule has 1 aromatic heterocycles. The van der Waals surface area contributed by atoms with E-state index in [2.05, 4.69) is 66.0 Å². The Balaban J connectivity index is 2.11. The van der Waals surface area contributed by atoms with Crippen LogP contribution in [0.2, 0.25) is 0 Å². The predicted molar refractivity (Wildman–Crippen MR) is 87.8 cm³/mol. The van der Waals surface area contributed by atoms with Crippen LogP contribution in [0.1, 0.15) is 39.0 Å². The highest BCUT2D eigenvalue weighted by atomic mass is 79.9. The highest BCUT2D eigenvalue weighted by molar-refractivity contribution is 9.11. The van der Waals surface area contributed by atoms with Gasteiger partial charge >= 0.3 is 0 Å². The molecule has 108 valence electrons. The standard InChI is InChI=1S/C15H25BrN2S/c1-5-11(2)13-8-17-15(3,4)10-18(13)9-12-6-7-14(16)19-12/h6-7,11,13,17H,5,8-10H2,1-4H3.